The first-order chi connectivity index (χ1) is 11.8. The molecule has 0 atom stereocenters. The summed E-state index contributed by atoms with van der Waals surface area (Å²) in [5.41, 5.74) is 6.30. The Morgan fingerprint density at radius 2 is 2.00 bits per heavy atom. The van der Waals surface area contributed by atoms with Crippen molar-refractivity contribution in [1.82, 2.24) is 20.1 Å². The van der Waals surface area contributed by atoms with Gasteiger partial charge in [-0.15, -0.1) is 17.5 Å². The van der Waals surface area contributed by atoms with Crippen LogP contribution in [0, 0.1) is 5.82 Å². The lowest BCUT2D eigenvalue weighted by molar-refractivity contribution is 0.0931. The Kier molecular flexibility index (Phi) is 7.71. The van der Waals surface area contributed by atoms with Gasteiger partial charge in [-0.05, 0) is 31.0 Å². The maximum atomic E-state index is 13.5. The van der Waals surface area contributed by atoms with Crippen LogP contribution >= 0.6 is 12.4 Å². The van der Waals surface area contributed by atoms with Crippen molar-refractivity contribution in [2.24, 2.45) is 5.73 Å². The number of halogens is 2. The molecule has 0 unspecified atom stereocenters. The molecule has 1 heterocycles. The number of aromatic nitrogens is 3. The van der Waals surface area contributed by atoms with Crippen LogP contribution in [0.5, 0.6) is 0 Å². The average Bonchev–Trinajstić information content (AvgIpc) is 3.05. The summed E-state index contributed by atoms with van der Waals surface area (Å²) in [6, 6.07) is 6.05. The molecule has 0 saturated heterocycles. The molecular formula is C18H27ClFN5O. The number of nitrogens with one attached hydrogen (secondary N) is 1. The van der Waals surface area contributed by atoms with Crippen LogP contribution in [0.15, 0.2) is 24.3 Å². The molecule has 0 spiro atoms. The third-order valence-corrected chi connectivity index (χ3v) is 4.41. The molecule has 1 aromatic carbocycles. The van der Waals surface area contributed by atoms with E-state index in [9.17, 15) is 9.18 Å². The normalized spacial score (nSPS) is 11.3. The Balaban J connectivity index is 0.00000338. The minimum atomic E-state index is -0.443. The van der Waals surface area contributed by atoms with Gasteiger partial charge in [-0.3, -0.25) is 4.79 Å². The van der Waals surface area contributed by atoms with Crippen LogP contribution in [0.25, 0.3) is 5.69 Å². The fraction of sp³-hybridized carbons (Fsp3) is 0.500. The fourth-order valence-electron chi connectivity index (χ4n) is 2.43. The second-order valence-electron chi connectivity index (χ2n) is 6.59. The quantitative estimate of drug-likeness (QED) is 0.768. The molecule has 0 fully saturated rings. The zero-order valence-corrected chi connectivity index (χ0v) is 16.4. The Hall–Kier alpha value is -1.99. The SMILES string of the molecule is CCC(N)(CC)CNC(=O)c1nc(C(C)C)n(-c2cccc(F)c2)n1.Cl. The minimum absolute atomic E-state index is 0. The molecular weight excluding hydrogens is 357 g/mol. The van der Waals surface area contributed by atoms with Gasteiger partial charge in [-0.25, -0.2) is 14.1 Å². The largest absolute Gasteiger partial charge is 0.347 e. The van der Waals surface area contributed by atoms with Crippen LogP contribution in [0.4, 0.5) is 4.39 Å². The molecule has 6 nitrogen and oxygen atoms in total. The molecule has 0 aliphatic rings. The van der Waals surface area contributed by atoms with Gasteiger partial charge >= 0.3 is 0 Å². The molecule has 0 saturated carbocycles. The summed E-state index contributed by atoms with van der Waals surface area (Å²) >= 11 is 0. The Labute approximate surface area is 159 Å². The van der Waals surface area contributed by atoms with Gasteiger partial charge < -0.3 is 11.1 Å². The van der Waals surface area contributed by atoms with E-state index >= 15 is 0 Å². The van der Waals surface area contributed by atoms with Crippen molar-refractivity contribution in [3.05, 3.63) is 41.7 Å². The van der Waals surface area contributed by atoms with Gasteiger partial charge in [-0.2, -0.15) is 0 Å². The second-order valence-corrected chi connectivity index (χ2v) is 6.59. The highest BCUT2D eigenvalue weighted by molar-refractivity contribution is 5.90. The maximum Gasteiger partial charge on any atom is 0.291 e. The van der Waals surface area contributed by atoms with E-state index in [-0.39, 0.29) is 35.9 Å². The van der Waals surface area contributed by atoms with Crippen LogP contribution in [-0.4, -0.2) is 32.8 Å². The smallest absolute Gasteiger partial charge is 0.291 e. The van der Waals surface area contributed by atoms with Gasteiger partial charge in [0.25, 0.3) is 5.91 Å². The van der Waals surface area contributed by atoms with Crippen molar-refractivity contribution in [3.63, 3.8) is 0 Å². The highest BCUT2D eigenvalue weighted by atomic mass is 35.5. The lowest BCUT2D eigenvalue weighted by atomic mass is 9.94. The molecule has 26 heavy (non-hydrogen) atoms. The van der Waals surface area contributed by atoms with Gasteiger partial charge in [-0.1, -0.05) is 33.8 Å². The highest BCUT2D eigenvalue weighted by Gasteiger charge is 2.24. The molecule has 144 valence electrons. The number of carbonyl (C=O) groups is 1. The Morgan fingerprint density at radius 1 is 1.35 bits per heavy atom. The van der Waals surface area contributed by atoms with Crippen LogP contribution in [0.3, 0.4) is 0 Å². The lowest BCUT2D eigenvalue weighted by Crippen LogP contribution is -2.49. The number of hydrogen-bond acceptors (Lipinski definition) is 4. The zero-order chi connectivity index (χ0) is 18.6. The second kappa shape index (κ2) is 9.09. The summed E-state index contributed by atoms with van der Waals surface area (Å²) in [5.74, 6) is -0.0678. The van der Waals surface area contributed by atoms with E-state index in [0.717, 1.165) is 12.8 Å². The first-order valence-electron chi connectivity index (χ1n) is 8.59. The van der Waals surface area contributed by atoms with Crippen LogP contribution in [0.1, 0.15) is 62.9 Å². The first-order valence-corrected chi connectivity index (χ1v) is 8.59. The standard InChI is InChI=1S/C18H26FN5O.ClH/c1-5-18(20,6-2)11-21-17(25)15-22-16(12(3)4)24(23-15)14-9-7-8-13(19)10-14;/h7-10,12H,5-6,11,20H2,1-4H3,(H,21,25);1H. The van der Waals surface area contributed by atoms with Crippen molar-refractivity contribution in [2.45, 2.75) is 52.0 Å². The zero-order valence-electron chi connectivity index (χ0n) is 15.6. The monoisotopic (exact) mass is 383 g/mol. The number of nitrogens with two attached hydrogens (primary N) is 1. The molecule has 2 rings (SSSR count). The Morgan fingerprint density at radius 3 is 2.54 bits per heavy atom. The summed E-state index contributed by atoms with van der Waals surface area (Å²) < 4.78 is 15.0. The summed E-state index contributed by atoms with van der Waals surface area (Å²) in [5, 5.41) is 7.09. The number of carbonyl (C=O) groups excluding carboxylic acids is 1. The van der Waals surface area contributed by atoms with E-state index in [1.807, 2.05) is 27.7 Å². The predicted molar refractivity (Wildman–Crippen MR) is 102 cm³/mol. The average molecular weight is 384 g/mol. The van der Waals surface area contributed by atoms with Gasteiger partial charge in [0.2, 0.25) is 5.82 Å². The van der Waals surface area contributed by atoms with Crippen LogP contribution in [0.2, 0.25) is 0 Å². The van der Waals surface area contributed by atoms with Gasteiger partial charge in [0.1, 0.15) is 11.6 Å². The van der Waals surface area contributed by atoms with E-state index in [1.54, 1.807) is 12.1 Å². The molecule has 2 aromatic rings. The molecule has 0 bridgehead atoms. The molecule has 0 aliphatic carbocycles. The van der Waals surface area contributed by atoms with E-state index < -0.39 is 5.54 Å². The number of hydrogen-bond donors (Lipinski definition) is 2. The summed E-state index contributed by atoms with van der Waals surface area (Å²) in [6.07, 6.45) is 1.51. The molecule has 8 heteroatoms. The third kappa shape index (κ3) is 5.02. The first kappa shape index (κ1) is 22.1. The molecule has 1 aromatic heterocycles. The molecule has 0 radical (unpaired) electrons. The van der Waals surface area contributed by atoms with Crippen LogP contribution < -0.4 is 11.1 Å². The van der Waals surface area contributed by atoms with Crippen molar-refractivity contribution >= 4 is 18.3 Å². The lowest BCUT2D eigenvalue weighted by Gasteiger charge is -2.26. The maximum absolute atomic E-state index is 13.5. The van der Waals surface area contributed by atoms with E-state index in [0.29, 0.717) is 18.1 Å². The van der Waals surface area contributed by atoms with Crippen molar-refractivity contribution in [3.8, 4) is 5.69 Å². The topological polar surface area (TPSA) is 85.8 Å². The van der Waals surface area contributed by atoms with Crippen molar-refractivity contribution < 1.29 is 9.18 Å². The van der Waals surface area contributed by atoms with Gasteiger partial charge in [0.15, 0.2) is 0 Å². The number of nitrogens with zero attached hydrogens (tertiary/aromatic N) is 3. The van der Waals surface area contributed by atoms with E-state index in [4.69, 9.17) is 5.73 Å². The Bertz CT molecular complexity index is 743. The number of amides is 1. The van der Waals surface area contributed by atoms with Crippen LogP contribution in [-0.2, 0) is 0 Å². The van der Waals surface area contributed by atoms with Crippen molar-refractivity contribution in [2.75, 3.05) is 6.54 Å². The molecule has 0 aliphatic heterocycles. The van der Waals surface area contributed by atoms with E-state index in [1.165, 1.54) is 16.8 Å². The number of rotatable bonds is 7. The van der Waals surface area contributed by atoms with Gasteiger partial charge in [0, 0.05) is 18.0 Å². The number of benzene rings is 1. The fourth-order valence-corrected chi connectivity index (χ4v) is 2.43. The predicted octanol–water partition coefficient (Wildman–Crippen LogP) is 3.20. The highest BCUT2D eigenvalue weighted by Crippen LogP contribution is 2.18. The summed E-state index contributed by atoms with van der Waals surface area (Å²) in [6.45, 7) is 8.22. The van der Waals surface area contributed by atoms with E-state index in [2.05, 4.69) is 15.4 Å². The minimum Gasteiger partial charge on any atom is -0.347 e. The molecule has 3 N–H and O–H groups in total. The summed E-state index contributed by atoms with van der Waals surface area (Å²) in [7, 11) is 0. The third-order valence-electron chi connectivity index (χ3n) is 4.41. The van der Waals surface area contributed by atoms with Gasteiger partial charge in [0.05, 0.1) is 5.69 Å². The van der Waals surface area contributed by atoms with Crippen molar-refractivity contribution in [1.29, 1.82) is 0 Å². The molecule has 1 amide bonds. The summed E-state index contributed by atoms with van der Waals surface area (Å²) in [4.78, 5) is 16.8.